The second-order valence-electron chi connectivity index (χ2n) is 15.1. The van der Waals surface area contributed by atoms with E-state index in [1.54, 1.807) is 0 Å². The zero-order valence-corrected chi connectivity index (χ0v) is 34.6. The standard InChI is InChI=1S/C47H56Cl2N2O/c1-29(2)21-22-37(10)50-28-41(52-46(42-32(5)23-30(3)24-33(42)6)43-34(7)25-31(4)26-35(43)8)44(51-45-39(48)19-16-20-40(45)49)36(9)27-47(11,12)38-17-14-13-15-18-38/h13-27,41,46,50H,28H2,1-12H3/b36-27-,37-22-,51-44+. The molecule has 0 radical (unpaired) electrons. The van der Waals surface area contributed by atoms with Crippen molar-refractivity contribution in [3.63, 3.8) is 0 Å². The predicted octanol–water partition coefficient (Wildman–Crippen LogP) is 13.5. The lowest BCUT2D eigenvalue weighted by Crippen LogP contribution is -2.38. The first-order valence-corrected chi connectivity index (χ1v) is 18.9. The van der Waals surface area contributed by atoms with Crippen LogP contribution in [0.1, 0.15) is 97.7 Å². The number of hydrogen-bond donors (Lipinski definition) is 1. The normalized spacial score (nSPS) is 13.4. The van der Waals surface area contributed by atoms with E-state index in [0.717, 1.165) is 17.0 Å². The van der Waals surface area contributed by atoms with E-state index in [0.29, 0.717) is 22.3 Å². The van der Waals surface area contributed by atoms with Gasteiger partial charge in [-0.3, -0.25) is 0 Å². The van der Waals surface area contributed by atoms with Crippen molar-refractivity contribution in [3.05, 3.63) is 168 Å². The molecule has 1 unspecified atom stereocenters. The van der Waals surface area contributed by atoms with E-state index in [-0.39, 0.29) is 11.5 Å². The number of aryl methyl sites for hydroxylation is 6. The van der Waals surface area contributed by atoms with Crippen molar-refractivity contribution in [1.82, 2.24) is 5.32 Å². The molecule has 0 saturated heterocycles. The highest BCUT2D eigenvalue weighted by atomic mass is 35.5. The second kappa shape index (κ2) is 17.8. The van der Waals surface area contributed by atoms with Gasteiger partial charge in [0.1, 0.15) is 17.9 Å². The van der Waals surface area contributed by atoms with E-state index in [1.165, 1.54) is 55.6 Å². The van der Waals surface area contributed by atoms with Crippen molar-refractivity contribution < 1.29 is 4.74 Å². The molecule has 0 aliphatic rings. The summed E-state index contributed by atoms with van der Waals surface area (Å²) in [5, 5.41) is 4.65. The molecule has 4 aromatic carbocycles. The van der Waals surface area contributed by atoms with E-state index < -0.39 is 6.10 Å². The summed E-state index contributed by atoms with van der Waals surface area (Å²) >= 11 is 13.7. The highest BCUT2D eigenvalue weighted by molar-refractivity contribution is 6.39. The summed E-state index contributed by atoms with van der Waals surface area (Å²) in [7, 11) is 0. The van der Waals surface area contributed by atoms with Gasteiger partial charge in [-0.1, -0.05) is 127 Å². The maximum atomic E-state index is 7.59. The maximum Gasteiger partial charge on any atom is 0.118 e. The summed E-state index contributed by atoms with van der Waals surface area (Å²) in [6.07, 6.45) is 5.61. The van der Waals surface area contributed by atoms with Gasteiger partial charge in [0.25, 0.3) is 0 Å². The second-order valence-corrected chi connectivity index (χ2v) is 15.9. The lowest BCUT2D eigenvalue weighted by molar-refractivity contribution is 0.0475. The summed E-state index contributed by atoms with van der Waals surface area (Å²) in [6, 6.07) is 25.1. The zero-order valence-electron chi connectivity index (χ0n) is 33.1. The largest absolute Gasteiger partial charge is 0.386 e. The highest BCUT2D eigenvalue weighted by Crippen LogP contribution is 2.39. The van der Waals surface area contributed by atoms with Gasteiger partial charge in [-0.05, 0) is 132 Å². The summed E-state index contributed by atoms with van der Waals surface area (Å²) in [4.78, 5) is 5.33. The van der Waals surface area contributed by atoms with Gasteiger partial charge in [-0.15, -0.1) is 0 Å². The number of ether oxygens (including phenoxy) is 1. The summed E-state index contributed by atoms with van der Waals surface area (Å²) < 4.78 is 7.59. The number of aliphatic imine (C=N–C) groups is 1. The van der Waals surface area contributed by atoms with Gasteiger partial charge < -0.3 is 10.1 Å². The Kier molecular flexibility index (Phi) is 14.0. The summed E-state index contributed by atoms with van der Waals surface area (Å²) in [6.45, 7) is 26.4. The van der Waals surface area contributed by atoms with Crippen LogP contribution in [0.2, 0.25) is 10.0 Å². The van der Waals surface area contributed by atoms with Crippen LogP contribution in [0.15, 0.2) is 113 Å². The van der Waals surface area contributed by atoms with Crippen molar-refractivity contribution in [2.75, 3.05) is 6.54 Å². The van der Waals surface area contributed by atoms with Gasteiger partial charge >= 0.3 is 0 Å². The minimum Gasteiger partial charge on any atom is -0.386 e. The average Bonchev–Trinajstić information content (AvgIpc) is 3.04. The molecule has 1 N–H and O–H groups in total. The fourth-order valence-electron chi connectivity index (χ4n) is 7.16. The smallest absolute Gasteiger partial charge is 0.118 e. The monoisotopic (exact) mass is 734 g/mol. The molecular weight excluding hydrogens is 679 g/mol. The van der Waals surface area contributed by atoms with Crippen LogP contribution >= 0.6 is 23.2 Å². The quantitative estimate of drug-likeness (QED) is 0.110. The van der Waals surface area contributed by atoms with E-state index in [2.05, 4.69) is 155 Å². The third-order valence-electron chi connectivity index (χ3n) is 9.51. The van der Waals surface area contributed by atoms with Crippen molar-refractivity contribution in [1.29, 1.82) is 0 Å². The topological polar surface area (TPSA) is 33.6 Å². The van der Waals surface area contributed by atoms with Gasteiger partial charge in [-0.2, -0.15) is 0 Å². The van der Waals surface area contributed by atoms with Crippen molar-refractivity contribution in [2.24, 2.45) is 4.99 Å². The van der Waals surface area contributed by atoms with Crippen LogP contribution in [0.5, 0.6) is 0 Å². The lowest BCUT2D eigenvalue weighted by Gasteiger charge is -2.32. The molecule has 4 rings (SSSR count). The van der Waals surface area contributed by atoms with Gasteiger partial charge in [0.15, 0.2) is 0 Å². The van der Waals surface area contributed by atoms with E-state index >= 15 is 0 Å². The van der Waals surface area contributed by atoms with Crippen molar-refractivity contribution in [3.8, 4) is 0 Å². The molecule has 1 atom stereocenters. The predicted molar refractivity (Wildman–Crippen MR) is 226 cm³/mol. The van der Waals surface area contributed by atoms with Gasteiger partial charge in [-0.25, -0.2) is 4.99 Å². The van der Waals surface area contributed by atoms with Gasteiger partial charge in [0.2, 0.25) is 0 Å². The molecule has 3 nitrogen and oxygen atoms in total. The van der Waals surface area contributed by atoms with Crippen LogP contribution in [0.4, 0.5) is 5.69 Å². The van der Waals surface area contributed by atoms with Crippen LogP contribution in [-0.2, 0) is 10.2 Å². The number of halogens is 2. The van der Waals surface area contributed by atoms with Gasteiger partial charge in [0, 0.05) is 17.7 Å². The lowest BCUT2D eigenvalue weighted by atomic mass is 9.82. The number of hydrogen-bond acceptors (Lipinski definition) is 3. The molecule has 5 heteroatoms. The summed E-state index contributed by atoms with van der Waals surface area (Å²) in [5.74, 6) is 0. The van der Waals surface area contributed by atoms with Crippen molar-refractivity contribution in [2.45, 2.75) is 101 Å². The maximum absolute atomic E-state index is 7.59. The third kappa shape index (κ3) is 10.4. The molecule has 0 amide bonds. The van der Waals surface area contributed by atoms with Crippen LogP contribution in [0.25, 0.3) is 0 Å². The number of para-hydroxylation sites is 1. The first-order chi connectivity index (χ1) is 24.5. The minimum atomic E-state index is -0.518. The molecule has 0 bridgehead atoms. The number of rotatable bonds is 13. The Hall–Kier alpha value is -3.89. The number of nitrogens with zero attached hydrogens (tertiary/aromatic N) is 1. The summed E-state index contributed by atoms with van der Waals surface area (Å²) in [5.41, 5.74) is 15.0. The molecular formula is C47H56Cl2N2O. The average molecular weight is 736 g/mol. The first kappa shape index (κ1) is 40.9. The third-order valence-corrected chi connectivity index (χ3v) is 10.1. The Morgan fingerprint density at radius 1 is 0.731 bits per heavy atom. The molecule has 0 aliphatic carbocycles. The number of nitrogens with one attached hydrogen (secondary N) is 1. The Bertz CT molecular complexity index is 1890. The zero-order chi connectivity index (χ0) is 38.3. The fourth-order valence-corrected chi connectivity index (χ4v) is 7.65. The minimum absolute atomic E-state index is 0.304. The Morgan fingerprint density at radius 2 is 1.23 bits per heavy atom. The molecule has 0 saturated carbocycles. The molecule has 0 heterocycles. The molecule has 0 aliphatic heterocycles. The van der Waals surface area contributed by atoms with Crippen LogP contribution in [0, 0.1) is 41.5 Å². The highest BCUT2D eigenvalue weighted by Gasteiger charge is 2.31. The Balaban J connectivity index is 2.04. The van der Waals surface area contributed by atoms with Crippen LogP contribution in [0.3, 0.4) is 0 Å². The molecule has 0 fully saturated rings. The molecule has 274 valence electrons. The molecule has 52 heavy (non-hydrogen) atoms. The van der Waals surface area contributed by atoms with Gasteiger partial charge in [0.05, 0.1) is 15.8 Å². The fraction of sp³-hybridized carbons (Fsp3) is 0.340. The van der Waals surface area contributed by atoms with Crippen LogP contribution < -0.4 is 5.32 Å². The van der Waals surface area contributed by atoms with Crippen molar-refractivity contribution >= 4 is 34.6 Å². The Labute approximate surface area is 323 Å². The van der Waals surface area contributed by atoms with E-state index in [1.807, 2.05) is 24.3 Å². The number of benzene rings is 4. The van der Waals surface area contributed by atoms with Crippen LogP contribution in [-0.4, -0.2) is 18.4 Å². The molecule has 0 spiro atoms. The number of allylic oxidation sites excluding steroid dienone is 5. The molecule has 0 aromatic heterocycles. The Morgan fingerprint density at radius 3 is 1.71 bits per heavy atom. The SMILES string of the molecule is CC(C)=C/C=C(/C)NCC(OC(c1c(C)cc(C)cc1C)c1c(C)cc(C)cc1C)C(=N/c1c(Cl)cccc1Cl)/C(C)=C\C(C)(C)c1ccccc1. The molecule has 4 aromatic rings. The van der Waals surface area contributed by atoms with E-state index in [4.69, 9.17) is 32.9 Å². The van der Waals surface area contributed by atoms with E-state index in [9.17, 15) is 0 Å². The first-order valence-electron chi connectivity index (χ1n) is 18.1.